The van der Waals surface area contributed by atoms with Gasteiger partial charge in [0, 0.05) is 31.2 Å². The fourth-order valence-corrected chi connectivity index (χ4v) is 2.84. The Labute approximate surface area is 158 Å². The topological polar surface area (TPSA) is 93.8 Å². The molecular weight excluding hydrogens is 332 g/mol. The summed E-state index contributed by atoms with van der Waals surface area (Å²) in [7, 11) is 0. The maximum Gasteiger partial charge on any atom is 0.247 e. The first-order valence-corrected chi connectivity index (χ1v) is 9.95. The summed E-state index contributed by atoms with van der Waals surface area (Å²) in [5.41, 5.74) is 6.58. The summed E-state index contributed by atoms with van der Waals surface area (Å²) in [5.74, 6) is 0.584. The van der Waals surface area contributed by atoms with Crippen LogP contribution in [0.15, 0.2) is 11.6 Å². The summed E-state index contributed by atoms with van der Waals surface area (Å²) in [5, 5.41) is 13.3. The van der Waals surface area contributed by atoms with Gasteiger partial charge in [-0.1, -0.05) is 27.7 Å². The van der Waals surface area contributed by atoms with Gasteiger partial charge in [-0.15, -0.1) is 0 Å². The molecule has 1 heterocycles. The average molecular weight is 371 g/mol. The Morgan fingerprint density at radius 1 is 1.31 bits per heavy atom. The van der Waals surface area contributed by atoms with E-state index in [4.69, 9.17) is 15.2 Å². The summed E-state index contributed by atoms with van der Waals surface area (Å²) in [6, 6.07) is -0.384. The fourth-order valence-electron chi connectivity index (χ4n) is 2.84. The Hall–Kier alpha value is -0.950. The van der Waals surface area contributed by atoms with Gasteiger partial charge in [-0.05, 0) is 43.6 Å². The van der Waals surface area contributed by atoms with Gasteiger partial charge < -0.3 is 25.6 Å². The van der Waals surface area contributed by atoms with Crippen LogP contribution >= 0.6 is 0 Å². The number of aliphatic hydroxyl groups excluding tert-OH is 1. The van der Waals surface area contributed by atoms with E-state index in [-0.39, 0.29) is 18.2 Å². The van der Waals surface area contributed by atoms with E-state index in [1.807, 2.05) is 13.8 Å². The van der Waals surface area contributed by atoms with Gasteiger partial charge in [0.05, 0.1) is 12.7 Å². The maximum atomic E-state index is 12.5. The smallest absolute Gasteiger partial charge is 0.247 e. The molecule has 1 amide bonds. The second kappa shape index (κ2) is 12.4. The van der Waals surface area contributed by atoms with Crippen LogP contribution in [0.3, 0.4) is 0 Å². The number of nitrogens with two attached hydrogens (primary N) is 1. The van der Waals surface area contributed by atoms with Crippen molar-refractivity contribution in [3.63, 3.8) is 0 Å². The number of hydrogen-bond acceptors (Lipinski definition) is 5. The molecule has 26 heavy (non-hydrogen) atoms. The van der Waals surface area contributed by atoms with Gasteiger partial charge in [-0.2, -0.15) is 0 Å². The SMILES string of the molecule is CC(C)CNC(=O)C(=C[C@H](O)[C@@H](N)CC(C)C)CCOC1CCCCO1. The lowest BCUT2D eigenvalue weighted by atomic mass is 9.97. The summed E-state index contributed by atoms with van der Waals surface area (Å²) >= 11 is 0. The van der Waals surface area contributed by atoms with Gasteiger partial charge in [0.1, 0.15) is 0 Å². The molecule has 3 atom stereocenters. The summed E-state index contributed by atoms with van der Waals surface area (Å²) in [6.45, 7) is 9.91. The molecule has 0 aromatic heterocycles. The molecule has 1 aliphatic heterocycles. The molecule has 0 radical (unpaired) electrons. The number of hydrogen-bond donors (Lipinski definition) is 3. The van der Waals surface area contributed by atoms with Crippen molar-refractivity contribution < 1.29 is 19.4 Å². The minimum Gasteiger partial charge on any atom is -0.387 e. The van der Waals surface area contributed by atoms with Gasteiger partial charge >= 0.3 is 0 Å². The second-order valence-corrected chi connectivity index (χ2v) is 8.00. The third-order valence-electron chi connectivity index (χ3n) is 4.33. The van der Waals surface area contributed by atoms with Crippen molar-refractivity contribution in [1.29, 1.82) is 0 Å². The number of carbonyl (C=O) groups is 1. The summed E-state index contributed by atoms with van der Waals surface area (Å²) < 4.78 is 11.3. The van der Waals surface area contributed by atoms with E-state index in [0.717, 1.165) is 25.9 Å². The van der Waals surface area contributed by atoms with Crippen molar-refractivity contribution >= 4 is 5.91 Å². The highest BCUT2D eigenvalue weighted by Gasteiger charge is 2.19. The zero-order valence-corrected chi connectivity index (χ0v) is 16.9. The highest BCUT2D eigenvalue weighted by molar-refractivity contribution is 5.93. The van der Waals surface area contributed by atoms with Crippen LogP contribution in [0, 0.1) is 11.8 Å². The highest BCUT2D eigenvalue weighted by Crippen LogP contribution is 2.16. The third kappa shape index (κ3) is 9.67. The molecule has 6 nitrogen and oxygen atoms in total. The number of carbonyl (C=O) groups excluding carboxylic acids is 1. The average Bonchev–Trinajstić information content (AvgIpc) is 2.58. The highest BCUT2D eigenvalue weighted by atomic mass is 16.7. The zero-order chi connectivity index (χ0) is 19.5. The fraction of sp³-hybridized carbons (Fsp3) is 0.850. The van der Waals surface area contributed by atoms with Crippen LogP contribution < -0.4 is 11.1 Å². The van der Waals surface area contributed by atoms with E-state index in [1.54, 1.807) is 6.08 Å². The first kappa shape index (κ1) is 23.1. The Kier molecular flexibility index (Phi) is 11.0. The molecule has 0 aromatic carbocycles. The van der Waals surface area contributed by atoms with E-state index >= 15 is 0 Å². The zero-order valence-electron chi connectivity index (χ0n) is 16.9. The third-order valence-corrected chi connectivity index (χ3v) is 4.33. The largest absolute Gasteiger partial charge is 0.387 e. The van der Waals surface area contributed by atoms with E-state index in [1.165, 1.54) is 0 Å². The summed E-state index contributed by atoms with van der Waals surface area (Å²) in [6.07, 6.45) is 4.75. The predicted octanol–water partition coefficient (Wildman–Crippen LogP) is 2.35. The first-order chi connectivity index (χ1) is 12.3. The molecule has 0 aromatic rings. The minimum atomic E-state index is -0.844. The molecule has 4 N–H and O–H groups in total. The van der Waals surface area contributed by atoms with Crippen LogP contribution in [0.25, 0.3) is 0 Å². The number of aliphatic hydroxyl groups is 1. The van der Waals surface area contributed by atoms with Crippen LogP contribution in [0.5, 0.6) is 0 Å². The van der Waals surface area contributed by atoms with E-state index in [9.17, 15) is 9.90 Å². The molecular formula is C20H38N2O4. The number of rotatable bonds is 11. The molecule has 0 spiro atoms. The molecule has 1 rings (SSSR count). The molecule has 1 unspecified atom stereocenters. The Morgan fingerprint density at radius 2 is 2.04 bits per heavy atom. The quantitative estimate of drug-likeness (QED) is 0.485. The van der Waals surface area contributed by atoms with Crippen LogP contribution in [0.4, 0.5) is 0 Å². The van der Waals surface area contributed by atoms with Gasteiger partial charge in [0.25, 0.3) is 0 Å². The van der Waals surface area contributed by atoms with E-state index < -0.39 is 6.10 Å². The van der Waals surface area contributed by atoms with E-state index in [0.29, 0.717) is 43.4 Å². The van der Waals surface area contributed by atoms with Crippen molar-refractivity contribution in [2.45, 2.75) is 78.2 Å². The van der Waals surface area contributed by atoms with Crippen molar-refractivity contribution in [3.8, 4) is 0 Å². The van der Waals surface area contributed by atoms with Gasteiger partial charge in [-0.3, -0.25) is 4.79 Å². The Balaban J connectivity index is 2.63. The number of nitrogens with one attached hydrogen (secondary N) is 1. The number of amides is 1. The van der Waals surface area contributed by atoms with Crippen LogP contribution in [-0.2, 0) is 14.3 Å². The molecule has 6 heteroatoms. The van der Waals surface area contributed by atoms with E-state index in [2.05, 4.69) is 19.2 Å². The molecule has 152 valence electrons. The Bertz CT molecular complexity index is 432. The first-order valence-electron chi connectivity index (χ1n) is 9.95. The normalized spacial score (nSPS) is 21.1. The van der Waals surface area contributed by atoms with Crippen molar-refractivity contribution in [1.82, 2.24) is 5.32 Å². The van der Waals surface area contributed by atoms with Crippen LogP contribution in [0.1, 0.15) is 59.8 Å². The van der Waals surface area contributed by atoms with Crippen LogP contribution in [0.2, 0.25) is 0 Å². The predicted molar refractivity (Wildman–Crippen MR) is 104 cm³/mol. The maximum absolute atomic E-state index is 12.5. The van der Waals surface area contributed by atoms with Crippen molar-refractivity contribution in [2.24, 2.45) is 17.6 Å². The second-order valence-electron chi connectivity index (χ2n) is 8.00. The van der Waals surface area contributed by atoms with Crippen molar-refractivity contribution in [2.75, 3.05) is 19.8 Å². The minimum absolute atomic E-state index is 0.164. The summed E-state index contributed by atoms with van der Waals surface area (Å²) in [4.78, 5) is 12.5. The van der Waals surface area contributed by atoms with Crippen molar-refractivity contribution in [3.05, 3.63) is 11.6 Å². The van der Waals surface area contributed by atoms with Gasteiger partial charge in [0.2, 0.25) is 5.91 Å². The molecule has 1 fully saturated rings. The lowest BCUT2D eigenvalue weighted by Gasteiger charge is -2.23. The molecule has 1 aliphatic rings. The Morgan fingerprint density at radius 3 is 2.62 bits per heavy atom. The molecule has 0 saturated carbocycles. The molecule has 0 bridgehead atoms. The number of ether oxygens (including phenoxy) is 2. The van der Waals surface area contributed by atoms with Gasteiger partial charge in [0.15, 0.2) is 6.29 Å². The lowest BCUT2D eigenvalue weighted by Crippen LogP contribution is -2.36. The molecule has 1 saturated heterocycles. The standard InChI is InChI=1S/C20H38N2O4/c1-14(2)11-17(21)18(23)12-16(20(24)22-13-15(3)4)8-10-26-19-7-5-6-9-25-19/h12,14-15,17-19,23H,5-11,13,21H2,1-4H3,(H,22,24)/t17-,18-,19?/m0/s1. The molecule has 0 aliphatic carbocycles. The van der Waals surface area contributed by atoms with Gasteiger partial charge in [-0.25, -0.2) is 0 Å². The lowest BCUT2D eigenvalue weighted by molar-refractivity contribution is -0.161. The van der Waals surface area contributed by atoms with Crippen LogP contribution in [-0.4, -0.2) is 49.2 Å². The monoisotopic (exact) mass is 370 g/mol.